The predicted molar refractivity (Wildman–Crippen MR) is 144 cm³/mol. The molecule has 1 aliphatic rings. The molecule has 4 rings (SSSR count). The van der Waals surface area contributed by atoms with E-state index in [0.717, 1.165) is 43.6 Å². The zero-order chi connectivity index (χ0) is 25.2. The molecule has 2 aromatic carbocycles. The summed E-state index contributed by atoms with van der Waals surface area (Å²) in [4.78, 5) is 20.3. The third-order valence-electron chi connectivity index (χ3n) is 6.91. The van der Waals surface area contributed by atoms with Crippen LogP contribution >= 0.6 is 0 Å². The van der Waals surface area contributed by atoms with Crippen molar-refractivity contribution in [2.24, 2.45) is 0 Å². The molecule has 0 amide bonds. The number of hydrogen-bond donors (Lipinski definition) is 1. The Kier molecular flexibility index (Phi) is 7.41. The first-order chi connectivity index (χ1) is 16.7. The van der Waals surface area contributed by atoms with E-state index in [2.05, 4.69) is 75.2 Å². The van der Waals surface area contributed by atoms with Gasteiger partial charge in [0.25, 0.3) is 5.56 Å². The third-order valence-corrected chi connectivity index (χ3v) is 6.91. The van der Waals surface area contributed by atoms with Gasteiger partial charge in [0, 0.05) is 13.1 Å². The van der Waals surface area contributed by atoms with Gasteiger partial charge in [-0.15, -0.1) is 0 Å². The van der Waals surface area contributed by atoms with Gasteiger partial charge in [-0.1, -0.05) is 58.9 Å². The van der Waals surface area contributed by atoms with Crippen molar-refractivity contribution < 1.29 is 4.39 Å². The Hall–Kier alpha value is -2.99. The highest BCUT2D eigenvalue weighted by Gasteiger charge is 2.22. The van der Waals surface area contributed by atoms with Gasteiger partial charge in [0.1, 0.15) is 11.6 Å². The standard InChI is InChI=1S/C29H37FN4O/c1-6-33(7-2)15-8-14-31-26-19-25-23(18-24(26)30)28(35)34-16-13-21(27(34)32-25)17-20-9-11-22(12-10-20)29(3,4)5/h9-12,17-19,31H,6-8,13-16H2,1-5H3/b21-17+. The van der Waals surface area contributed by atoms with E-state index < -0.39 is 5.82 Å². The van der Waals surface area contributed by atoms with Crippen LogP contribution in [0.2, 0.25) is 0 Å². The number of nitrogens with one attached hydrogen (secondary N) is 1. The van der Waals surface area contributed by atoms with Gasteiger partial charge >= 0.3 is 0 Å². The summed E-state index contributed by atoms with van der Waals surface area (Å²) in [6.45, 7) is 15.1. The van der Waals surface area contributed by atoms with Crippen molar-refractivity contribution in [2.45, 2.75) is 59.4 Å². The van der Waals surface area contributed by atoms with Crippen LogP contribution in [-0.4, -0.2) is 40.6 Å². The van der Waals surface area contributed by atoms with Crippen molar-refractivity contribution in [3.63, 3.8) is 0 Å². The fourth-order valence-corrected chi connectivity index (χ4v) is 4.66. The summed E-state index contributed by atoms with van der Waals surface area (Å²) in [5.74, 6) is 0.272. The van der Waals surface area contributed by atoms with Crippen molar-refractivity contribution in [3.05, 3.63) is 69.5 Å². The molecule has 1 N–H and O–H groups in total. The molecule has 0 unspecified atom stereocenters. The average molecular weight is 477 g/mol. The summed E-state index contributed by atoms with van der Waals surface area (Å²) in [7, 11) is 0. The number of halogens is 1. The van der Waals surface area contributed by atoms with E-state index in [-0.39, 0.29) is 11.0 Å². The lowest BCUT2D eigenvalue weighted by Gasteiger charge is -2.18. The van der Waals surface area contributed by atoms with Crippen LogP contribution in [0.4, 0.5) is 10.1 Å². The van der Waals surface area contributed by atoms with Crippen LogP contribution in [0.25, 0.3) is 22.6 Å². The molecule has 6 heteroatoms. The summed E-state index contributed by atoms with van der Waals surface area (Å²) >= 11 is 0. The zero-order valence-electron chi connectivity index (χ0n) is 21.6. The number of anilines is 1. The van der Waals surface area contributed by atoms with Crippen molar-refractivity contribution in [1.29, 1.82) is 0 Å². The van der Waals surface area contributed by atoms with Crippen LogP contribution < -0.4 is 10.9 Å². The van der Waals surface area contributed by atoms with E-state index in [0.29, 0.717) is 35.5 Å². The van der Waals surface area contributed by atoms with E-state index in [9.17, 15) is 9.18 Å². The lowest BCUT2D eigenvalue weighted by molar-refractivity contribution is 0.303. The van der Waals surface area contributed by atoms with Crippen LogP contribution in [0.3, 0.4) is 0 Å². The Morgan fingerprint density at radius 1 is 1.14 bits per heavy atom. The smallest absolute Gasteiger partial charge is 0.261 e. The van der Waals surface area contributed by atoms with Gasteiger partial charge in [-0.05, 0) is 72.8 Å². The summed E-state index contributed by atoms with van der Waals surface area (Å²) in [6.07, 6.45) is 3.76. The third kappa shape index (κ3) is 5.48. The van der Waals surface area contributed by atoms with Crippen LogP contribution in [-0.2, 0) is 12.0 Å². The SMILES string of the molecule is CCN(CC)CCCNc1cc2nc3n(c(=O)c2cc1F)CC/C3=C\c1ccc(C(C)(C)C)cc1. The van der Waals surface area contributed by atoms with E-state index >= 15 is 0 Å². The Balaban J connectivity index is 1.60. The minimum absolute atomic E-state index is 0.103. The number of benzene rings is 2. The second kappa shape index (κ2) is 10.3. The number of allylic oxidation sites excluding steroid dienone is 1. The molecule has 0 saturated heterocycles. The van der Waals surface area contributed by atoms with Gasteiger partial charge in [0.2, 0.25) is 0 Å². The van der Waals surface area contributed by atoms with Gasteiger partial charge in [0.05, 0.1) is 16.6 Å². The molecule has 1 aliphatic heterocycles. The second-order valence-corrected chi connectivity index (χ2v) is 10.3. The monoisotopic (exact) mass is 476 g/mol. The van der Waals surface area contributed by atoms with Crippen LogP contribution in [0.1, 0.15) is 64.4 Å². The molecule has 1 aromatic heterocycles. The molecule has 0 aliphatic carbocycles. The Morgan fingerprint density at radius 2 is 1.86 bits per heavy atom. The molecule has 0 atom stereocenters. The minimum atomic E-state index is -0.410. The summed E-state index contributed by atoms with van der Waals surface area (Å²) in [5.41, 5.74) is 4.26. The molecule has 0 fully saturated rings. The quantitative estimate of drug-likeness (QED) is 0.410. The topological polar surface area (TPSA) is 50.2 Å². The first kappa shape index (κ1) is 25.1. The molecule has 5 nitrogen and oxygen atoms in total. The summed E-state index contributed by atoms with van der Waals surface area (Å²) < 4.78 is 16.5. The second-order valence-electron chi connectivity index (χ2n) is 10.3. The summed E-state index contributed by atoms with van der Waals surface area (Å²) in [6, 6.07) is 11.6. The highest BCUT2D eigenvalue weighted by molar-refractivity contribution is 5.86. The van der Waals surface area contributed by atoms with E-state index in [4.69, 9.17) is 4.98 Å². The normalized spacial score (nSPS) is 14.8. The van der Waals surface area contributed by atoms with Crippen LogP contribution in [0.15, 0.2) is 41.2 Å². The van der Waals surface area contributed by atoms with E-state index in [1.807, 2.05) is 0 Å². The van der Waals surface area contributed by atoms with Gasteiger partial charge in [-0.3, -0.25) is 9.36 Å². The maximum Gasteiger partial charge on any atom is 0.261 e. The van der Waals surface area contributed by atoms with Crippen molar-refractivity contribution in [3.8, 4) is 0 Å². The molecule has 186 valence electrons. The lowest BCUT2D eigenvalue weighted by atomic mass is 9.86. The number of rotatable bonds is 8. The zero-order valence-corrected chi connectivity index (χ0v) is 21.6. The van der Waals surface area contributed by atoms with E-state index in [1.165, 1.54) is 11.6 Å². The number of hydrogen-bond acceptors (Lipinski definition) is 4. The summed E-state index contributed by atoms with van der Waals surface area (Å²) in [5, 5.41) is 3.53. The maximum absolute atomic E-state index is 14.8. The molecule has 0 radical (unpaired) electrons. The number of aromatic nitrogens is 2. The minimum Gasteiger partial charge on any atom is -0.383 e. The molecule has 0 spiro atoms. The van der Waals surface area contributed by atoms with Gasteiger partial charge < -0.3 is 10.2 Å². The Labute approximate surface area is 207 Å². The molecular weight excluding hydrogens is 439 g/mol. The van der Waals surface area contributed by atoms with Crippen LogP contribution in [0, 0.1) is 5.82 Å². The highest BCUT2D eigenvalue weighted by Crippen LogP contribution is 2.30. The number of nitrogens with zero attached hydrogens (tertiary/aromatic N) is 3. The van der Waals surface area contributed by atoms with Gasteiger partial charge in [-0.25, -0.2) is 9.37 Å². The maximum atomic E-state index is 14.8. The van der Waals surface area contributed by atoms with Crippen molar-refractivity contribution >= 4 is 28.2 Å². The molecular formula is C29H37FN4O. The molecule has 0 saturated carbocycles. The Bertz CT molecular complexity index is 1280. The van der Waals surface area contributed by atoms with Crippen LogP contribution in [0.5, 0.6) is 0 Å². The van der Waals surface area contributed by atoms with E-state index in [1.54, 1.807) is 10.6 Å². The molecule has 2 heterocycles. The molecule has 35 heavy (non-hydrogen) atoms. The molecule has 0 bridgehead atoms. The fourth-order valence-electron chi connectivity index (χ4n) is 4.66. The lowest BCUT2D eigenvalue weighted by Crippen LogP contribution is -2.25. The number of fused-ring (bicyclic) bond motifs is 2. The predicted octanol–water partition coefficient (Wildman–Crippen LogP) is 5.92. The first-order valence-electron chi connectivity index (χ1n) is 12.7. The average Bonchev–Trinajstić information content (AvgIpc) is 3.22. The highest BCUT2D eigenvalue weighted by atomic mass is 19.1. The van der Waals surface area contributed by atoms with Gasteiger partial charge in [0.15, 0.2) is 0 Å². The Morgan fingerprint density at radius 3 is 2.51 bits per heavy atom. The largest absolute Gasteiger partial charge is 0.383 e. The van der Waals surface area contributed by atoms with Gasteiger partial charge in [-0.2, -0.15) is 0 Å². The fraction of sp³-hybridized carbons (Fsp3) is 0.448. The first-order valence-corrected chi connectivity index (χ1v) is 12.7. The van der Waals surface area contributed by atoms with Crippen molar-refractivity contribution in [2.75, 3.05) is 31.5 Å². The van der Waals surface area contributed by atoms with Crippen molar-refractivity contribution in [1.82, 2.24) is 14.5 Å². The molecule has 3 aromatic rings.